The number of phenolic OH excluding ortho intramolecular Hbond substituents is 1. The number of rotatable bonds is 4. The Labute approximate surface area is 119 Å². The normalized spacial score (nSPS) is 17.8. The molecule has 4 heteroatoms. The summed E-state index contributed by atoms with van der Waals surface area (Å²) < 4.78 is 0. The fourth-order valence-electron chi connectivity index (χ4n) is 3.05. The van der Waals surface area contributed by atoms with Gasteiger partial charge in [0.25, 0.3) is 0 Å². The molecule has 1 atom stereocenters. The number of carbonyl (C=O) groups excluding carboxylic acids is 2. The van der Waals surface area contributed by atoms with Gasteiger partial charge in [-0.3, -0.25) is 9.59 Å². The number of phenols is 1. The number of hydrogen-bond donors (Lipinski definition) is 1. The summed E-state index contributed by atoms with van der Waals surface area (Å²) in [5.41, 5.74) is 2.28. The molecule has 1 aromatic carbocycles. The molecular weight excluding hydrogens is 254 g/mol. The maximum atomic E-state index is 12.3. The number of fused-ring (bicyclic) bond motifs is 1. The summed E-state index contributed by atoms with van der Waals surface area (Å²) >= 11 is 0. The van der Waals surface area contributed by atoms with E-state index >= 15 is 0 Å². The highest BCUT2D eigenvalue weighted by atomic mass is 16.3. The molecule has 0 spiro atoms. The zero-order valence-corrected chi connectivity index (χ0v) is 12.3. The Kier molecular flexibility index (Phi) is 4.12. The lowest BCUT2D eigenvalue weighted by Crippen LogP contribution is -2.24. The highest BCUT2D eigenvalue weighted by molar-refractivity contribution is 6.05. The minimum absolute atomic E-state index is 0.0472. The molecule has 0 fully saturated rings. The minimum atomic E-state index is -0.152. The van der Waals surface area contributed by atoms with Crippen molar-refractivity contribution >= 4 is 17.8 Å². The van der Waals surface area contributed by atoms with E-state index in [0.29, 0.717) is 24.2 Å². The van der Waals surface area contributed by atoms with E-state index in [-0.39, 0.29) is 17.1 Å². The predicted molar refractivity (Wildman–Crippen MR) is 78.9 cm³/mol. The van der Waals surface area contributed by atoms with Crippen molar-refractivity contribution < 1.29 is 14.7 Å². The molecule has 0 amide bonds. The van der Waals surface area contributed by atoms with E-state index in [1.54, 1.807) is 6.07 Å². The second kappa shape index (κ2) is 5.65. The second-order valence-electron chi connectivity index (χ2n) is 5.69. The molecule has 1 aliphatic carbocycles. The standard InChI is InChI=1S/C16H21NO3/c1-4-5-10-6-12-13(17(2)3)8-11(9-18)16(20)15(12)14(19)7-10/h8-10,20H,4-7H2,1-3H3. The summed E-state index contributed by atoms with van der Waals surface area (Å²) in [6, 6.07) is 1.67. The molecule has 0 saturated heterocycles. The first-order valence-corrected chi connectivity index (χ1v) is 7.04. The van der Waals surface area contributed by atoms with E-state index in [0.717, 1.165) is 30.5 Å². The van der Waals surface area contributed by atoms with Crippen LogP contribution < -0.4 is 4.90 Å². The van der Waals surface area contributed by atoms with Crippen LogP contribution in [-0.2, 0) is 6.42 Å². The number of carbonyl (C=O) groups is 2. The molecule has 0 bridgehead atoms. The topological polar surface area (TPSA) is 57.6 Å². The SMILES string of the molecule is CCCC1CC(=O)c2c(O)c(C=O)cc(N(C)C)c2C1. The summed E-state index contributed by atoms with van der Waals surface area (Å²) in [7, 11) is 3.77. The fraction of sp³-hybridized carbons (Fsp3) is 0.500. The molecule has 0 saturated carbocycles. The van der Waals surface area contributed by atoms with Crippen molar-refractivity contribution in [1.29, 1.82) is 0 Å². The van der Waals surface area contributed by atoms with Crippen LogP contribution in [0.15, 0.2) is 6.07 Å². The van der Waals surface area contributed by atoms with Gasteiger partial charge in [0.15, 0.2) is 12.1 Å². The van der Waals surface area contributed by atoms with Crippen molar-refractivity contribution in [3.05, 3.63) is 22.8 Å². The molecule has 4 nitrogen and oxygen atoms in total. The number of ketones is 1. The van der Waals surface area contributed by atoms with Crippen LogP contribution in [-0.4, -0.2) is 31.3 Å². The molecule has 20 heavy (non-hydrogen) atoms. The predicted octanol–water partition coefficient (Wildman–Crippen LogP) is 2.82. The first kappa shape index (κ1) is 14.6. The molecule has 108 valence electrons. The fourth-order valence-corrected chi connectivity index (χ4v) is 3.05. The van der Waals surface area contributed by atoms with E-state index in [1.165, 1.54) is 0 Å². The monoisotopic (exact) mass is 275 g/mol. The average molecular weight is 275 g/mol. The molecule has 2 rings (SSSR count). The van der Waals surface area contributed by atoms with Crippen LogP contribution in [0.5, 0.6) is 5.75 Å². The second-order valence-corrected chi connectivity index (χ2v) is 5.69. The van der Waals surface area contributed by atoms with Gasteiger partial charge in [-0.25, -0.2) is 0 Å². The first-order valence-electron chi connectivity index (χ1n) is 7.04. The quantitative estimate of drug-likeness (QED) is 0.858. The van der Waals surface area contributed by atoms with Gasteiger partial charge in [0, 0.05) is 26.2 Å². The van der Waals surface area contributed by atoms with Crippen LogP contribution >= 0.6 is 0 Å². The van der Waals surface area contributed by atoms with E-state index < -0.39 is 0 Å². The summed E-state index contributed by atoms with van der Waals surface area (Å²) in [6.45, 7) is 2.11. The van der Waals surface area contributed by atoms with Gasteiger partial charge in [0.05, 0.1) is 11.1 Å². The van der Waals surface area contributed by atoms with Crippen molar-refractivity contribution in [2.75, 3.05) is 19.0 Å². The van der Waals surface area contributed by atoms with Gasteiger partial charge in [-0.1, -0.05) is 13.3 Å². The lowest BCUT2D eigenvalue weighted by atomic mass is 9.79. The van der Waals surface area contributed by atoms with Crippen LogP contribution in [0.1, 0.15) is 52.5 Å². The van der Waals surface area contributed by atoms with Crippen LogP contribution in [0, 0.1) is 5.92 Å². The summed E-state index contributed by atoms with van der Waals surface area (Å²) in [6.07, 6.45) is 3.91. The number of benzene rings is 1. The van der Waals surface area contributed by atoms with Crippen molar-refractivity contribution in [3.63, 3.8) is 0 Å². The van der Waals surface area contributed by atoms with Gasteiger partial charge in [0.1, 0.15) is 5.75 Å². The van der Waals surface area contributed by atoms with Gasteiger partial charge in [0.2, 0.25) is 0 Å². The third kappa shape index (κ3) is 2.42. The van der Waals surface area contributed by atoms with Crippen molar-refractivity contribution in [1.82, 2.24) is 0 Å². The van der Waals surface area contributed by atoms with Crippen molar-refractivity contribution in [2.45, 2.75) is 32.6 Å². The molecule has 1 unspecified atom stereocenters. The lowest BCUT2D eigenvalue weighted by Gasteiger charge is -2.29. The molecule has 1 aromatic rings. The Morgan fingerprint density at radius 1 is 1.40 bits per heavy atom. The van der Waals surface area contributed by atoms with Gasteiger partial charge in [-0.05, 0) is 30.4 Å². The van der Waals surface area contributed by atoms with Gasteiger partial charge >= 0.3 is 0 Å². The highest BCUT2D eigenvalue weighted by Crippen LogP contribution is 2.40. The third-order valence-electron chi connectivity index (χ3n) is 3.96. The Morgan fingerprint density at radius 3 is 2.65 bits per heavy atom. The molecule has 0 aromatic heterocycles. The molecule has 0 heterocycles. The number of aldehydes is 1. The van der Waals surface area contributed by atoms with Crippen molar-refractivity contribution in [2.24, 2.45) is 5.92 Å². The number of anilines is 1. The number of nitrogens with zero attached hydrogens (tertiary/aromatic N) is 1. The number of Topliss-reactive ketones (excluding diaryl/α,β-unsaturated/α-hetero) is 1. The van der Waals surface area contributed by atoms with E-state index in [1.807, 2.05) is 19.0 Å². The Morgan fingerprint density at radius 2 is 2.10 bits per heavy atom. The van der Waals surface area contributed by atoms with Crippen LogP contribution in [0.4, 0.5) is 5.69 Å². The molecule has 1 N–H and O–H groups in total. The minimum Gasteiger partial charge on any atom is -0.506 e. The summed E-state index contributed by atoms with van der Waals surface area (Å²) in [5.74, 6) is 0.134. The van der Waals surface area contributed by atoms with Crippen LogP contribution in [0.2, 0.25) is 0 Å². The number of hydrogen-bond acceptors (Lipinski definition) is 4. The Balaban J connectivity index is 2.60. The lowest BCUT2D eigenvalue weighted by molar-refractivity contribution is 0.0943. The van der Waals surface area contributed by atoms with Crippen molar-refractivity contribution in [3.8, 4) is 5.75 Å². The highest BCUT2D eigenvalue weighted by Gasteiger charge is 2.31. The molecule has 0 radical (unpaired) electrons. The maximum absolute atomic E-state index is 12.3. The van der Waals surface area contributed by atoms with Crippen LogP contribution in [0.25, 0.3) is 0 Å². The summed E-state index contributed by atoms with van der Waals surface area (Å²) in [5, 5.41) is 10.2. The smallest absolute Gasteiger partial charge is 0.167 e. The van der Waals surface area contributed by atoms with E-state index in [4.69, 9.17) is 0 Å². The van der Waals surface area contributed by atoms with Gasteiger partial charge < -0.3 is 10.0 Å². The number of aromatic hydroxyl groups is 1. The van der Waals surface area contributed by atoms with E-state index in [2.05, 4.69) is 6.92 Å². The Bertz CT molecular complexity index is 549. The third-order valence-corrected chi connectivity index (χ3v) is 3.96. The summed E-state index contributed by atoms with van der Waals surface area (Å²) in [4.78, 5) is 25.3. The van der Waals surface area contributed by atoms with Crippen LogP contribution in [0.3, 0.4) is 0 Å². The molecule has 0 aliphatic heterocycles. The molecular formula is C16H21NO3. The zero-order chi connectivity index (χ0) is 14.9. The maximum Gasteiger partial charge on any atom is 0.167 e. The largest absolute Gasteiger partial charge is 0.506 e. The van der Waals surface area contributed by atoms with E-state index in [9.17, 15) is 14.7 Å². The molecule has 1 aliphatic rings. The Hall–Kier alpha value is -1.84. The van der Waals surface area contributed by atoms with Gasteiger partial charge in [-0.2, -0.15) is 0 Å². The first-order chi connectivity index (χ1) is 9.49. The average Bonchev–Trinajstić information content (AvgIpc) is 2.38. The van der Waals surface area contributed by atoms with Gasteiger partial charge in [-0.15, -0.1) is 0 Å². The zero-order valence-electron chi connectivity index (χ0n) is 12.3.